The molecule has 0 radical (unpaired) electrons. The van der Waals surface area contributed by atoms with E-state index in [1.807, 2.05) is 0 Å². The van der Waals surface area contributed by atoms with Crippen LogP contribution in [-0.4, -0.2) is 66.3 Å². The van der Waals surface area contributed by atoms with Crippen LogP contribution in [0.2, 0.25) is 0 Å². The summed E-state index contributed by atoms with van der Waals surface area (Å²) < 4.78 is 33.6. The number of esters is 1. The number of carbonyl (C=O) groups excluding carboxylic acids is 1. The minimum atomic E-state index is -4.52. The van der Waals surface area contributed by atoms with E-state index in [1.54, 1.807) is 0 Å². The number of hydrogen-bond donors (Lipinski definition) is 3. The second kappa shape index (κ2) is 50.9. The molecule has 10 heteroatoms. The molecule has 0 aliphatic heterocycles. The maximum absolute atomic E-state index is 12.7. The van der Waals surface area contributed by atoms with Crippen LogP contribution < -0.4 is 0 Å². The van der Waals surface area contributed by atoms with E-state index in [4.69, 9.17) is 23.6 Å². The summed E-state index contributed by atoms with van der Waals surface area (Å²) in [7, 11) is -4.52. The van der Waals surface area contributed by atoms with Crippen molar-refractivity contribution in [2.45, 2.75) is 302 Å². The molecular weight excluding hydrogens is 812 g/mol. The molecule has 0 bridgehead atoms. The van der Waals surface area contributed by atoms with Gasteiger partial charge >= 0.3 is 13.8 Å². The molecule has 0 rings (SSSR count). The monoisotopic (exact) mass is 919 g/mol. The van der Waals surface area contributed by atoms with Crippen LogP contribution in [0.5, 0.6) is 0 Å². The second-order valence-electron chi connectivity index (χ2n) is 19.0. The Morgan fingerprint density at radius 2 is 0.714 bits per heavy atom. The molecule has 378 valence electrons. The number of unbranched alkanes of at least 4 members (excludes halogenated alkanes) is 40. The molecule has 0 heterocycles. The summed E-state index contributed by atoms with van der Waals surface area (Å²) in [5, 5.41) is 18.4. The van der Waals surface area contributed by atoms with Crippen molar-refractivity contribution in [1.82, 2.24) is 0 Å². The van der Waals surface area contributed by atoms with Crippen LogP contribution >= 0.6 is 7.82 Å². The van der Waals surface area contributed by atoms with Gasteiger partial charge < -0.3 is 24.6 Å². The molecule has 0 amide bonds. The van der Waals surface area contributed by atoms with Crippen molar-refractivity contribution in [3.8, 4) is 0 Å². The zero-order chi connectivity index (χ0) is 46.0. The lowest BCUT2D eigenvalue weighted by Gasteiger charge is -2.20. The molecule has 0 aromatic rings. The molecule has 1 unspecified atom stereocenters. The van der Waals surface area contributed by atoms with E-state index >= 15 is 0 Å². The summed E-state index contributed by atoms with van der Waals surface area (Å²) in [6, 6.07) is 0. The van der Waals surface area contributed by atoms with E-state index in [-0.39, 0.29) is 25.6 Å². The van der Waals surface area contributed by atoms with E-state index in [9.17, 15) is 19.4 Å². The Morgan fingerprint density at radius 1 is 0.429 bits per heavy atom. The molecule has 0 fully saturated rings. The quantitative estimate of drug-likeness (QED) is 0.0310. The van der Waals surface area contributed by atoms with Crippen molar-refractivity contribution in [2.75, 3.05) is 33.0 Å². The van der Waals surface area contributed by atoms with Crippen molar-refractivity contribution < 1.29 is 43.0 Å². The third-order valence-corrected chi connectivity index (χ3v) is 13.5. The van der Waals surface area contributed by atoms with Crippen LogP contribution in [0, 0.1) is 0 Å². The number of ether oxygens (including phenoxy) is 2. The molecule has 0 saturated carbocycles. The highest BCUT2D eigenvalue weighted by atomic mass is 31.2. The molecule has 0 saturated heterocycles. The molecule has 0 spiro atoms. The minimum Gasteiger partial charge on any atom is -0.457 e. The van der Waals surface area contributed by atoms with Gasteiger partial charge in [0.25, 0.3) is 0 Å². The fraction of sp³-hybridized carbons (Fsp3) is 0.981. The highest BCUT2D eigenvalue weighted by Crippen LogP contribution is 2.43. The molecule has 9 nitrogen and oxygen atoms in total. The first-order valence-electron chi connectivity index (χ1n) is 27.5. The Kier molecular flexibility index (Phi) is 50.4. The Balaban J connectivity index is 3.96. The van der Waals surface area contributed by atoms with Gasteiger partial charge in [0.1, 0.15) is 12.2 Å². The molecule has 63 heavy (non-hydrogen) atoms. The topological polar surface area (TPSA) is 132 Å². The van der Waals surface area contributed by atoms with E-state index in [2.05, 4.69) is 13.8 Å². The predicted octanol–water partition coefficient (Wildman–Crippen LogP) is 16.2. The van der Waals surface area contributed by atoms with E-state index in [0.29, 0.717) is 6.61 Å². The number of aliphatic hydroxyl groups excluding tert-OH is 2. The lowest BCUT2D eigenvalue weighted by atomic mass is 10.0. The van der Waals surface area contributed by atoms with Crippen molar-refractivity contribution in [3.63, 3.8) is 0 Å². The fourth-order valence-electron chi connectivity index (χ4n) is 8.36. The van der Waals surface area contributed by atoms with Crippen molar-refractivity contribution in [1.29, 1.82) is 0 Å². The van der Waals surface area contributed by atoms with E-state index in [1.165, 1.54) is 238 Å². The summed E-state index contributed by atoms with van der Waals surface area (Å²) in [6.45, 7) is 3.62. The van der Waals surface area contributed by atoms with Gasteiger partial charge in [-0.25, -0.2) is 4.57 Å². The molecule has 0 aromatic heterocycles. The van der Waals surface area contributed by atoms with Crippen LogP contribution in [0.25, 0.3) is 0 Å². The maximum atomic E-state index is 12.7. The zero-order valence-corrected chi connectivity index (χ0v) is 42.7. The molecule has 0 aromatic carbocycles. The summed E-state index contributed by atoms with van der Waals surface area (Å²) in [5.74, 6) is -0.372. The van der Waals surface area contributed by atoms with Crippen molar-refractivity contribution in [2.24, 2.45) is 0 Å². The Hall–Kier alpha value is -0.540. The van der Waals surface area contributed by atoms with Crippen LogP contribution in [-0.2, 0) is 27.9 Å². The summed E-state index contributed by atoms with van der Waals surface area (Å²) in [5.41, 5.74) is 0. The zero-order valence-electron chi connectivity index (χ0n) is 41.8. The number of carbonyl (C=O) groups is 1. The second-order valence-corrected chi connectivity index (χ2v) is 20.4. The van der Waals surface area contributed by atoms with Crippen molar-refractivity contribution >= 4 is 13.8 Å². The van der Waals surface area contributed by atoms with Gasteiger partial charge in [-0.15, -0.1) is 0 Å². The van der Waals surface area contributed by atoms with Gasteiger partial charge in [-0.05, 0) is 12.8 Å². The van der Waals surface area contributed by atoms with Crippen LogP contribution in [0.3, 0.4) is 0 Å². The standard InChI is InChI=1S/C53H107O9P/c1-3-5-7-9-11-13-15-17-19-21-23-24-25-26-27-28-29-31-33-35-37-39-41-43-45-53(56)62-52(50-61-63(57,58)60-48-51(55)47-54)49-59-46-44-42-40-38-36-34-32-30-22-20-18-16-14-12-10-8-6-4-2/h51-52,54-55H,3-50H2,1-2H3,(H,57,58)/t51-,52+/m0/s1. The predicted molar refractivity (Wildman–Crippen MR) is 265 cm³/mol. The van der Waals surface area contributed by atoms with Crippen LogP contribution in [0.4, 0.5) is 0 Å². The number of phosphoric acid groups is 1. The highest BCUT2D eigenvalue weighted by Gasteiger charge is 2.26. The first-order valence-corrected chi connectivity index (χ1v) is 29.0. The lowest BCUT2D eigenvalue weighted by molar-refractivity contribution is -0.154. The van der Waals surface area contributed by atoms with Crippen LogP contribution in [0.15, 0.2) is 0 Å². The lowest BCUT2D eigenvalue weighted by Crippen LogP contribution is -2.29. The molecule has 0 aliphatic rings. The van der Waals surface area contributed by atoms with Gasteiger partial charge in [0.2, 0.25) is 0 Å². The number of hydrogen-bond acceptors (Lipinski definition) is 8. The third kappa shape index (κ3) is 50.7. The Morgan fingerprint density at radius 3 is 1.03 bits per heavy atom. The minimum absolute atomic E-state index is 0.0589. The largest absolute Gasteiger partial charge is 0.472 e. The van der Waals surface area contributed by atoms with Gasteiger partial charge in [0, 0.05) is 13.0 Å². The maximum Gasteiger partial charge on any atom is 0.472 e. The van der Waals surface area contributed by atoms with E-state index in [0.717, 1.165) is 32.1 Å². The van der Waals surface area contributed by atoms with Gasteiger partial charge in [0.05, 0.1) is 26.4 Å². The SMILES string of the molecule is CCCCCCCCCCCCCCCCCCCCCCCCCCC(=O)O[C@H](COCCCCCCCCCCCCCCCCCCCC)COP(=O)(O)OC[C@@H](O)CO. The summed E-state index contributed by atoms with van der Waals surface area (Å²) in [6.07, 6.45) is 53.7. The Labute approximate surface area is 390 Å². The molecule has 3 atom stereocenters. The summed E-state index contributed by atoms with van der Waals surface area (Å²) >= 11 is 0. The Bertz CT molecular complexity index is 953. The molecular formula is C53H107O9P. The normalized spacial score (nSPS) is 13.7. The van der Waals surface area contributed by atoms with Gasteiger partial charge in [-0.2, -0.15) is 0 Å². The average molecular weight is 919 g/mol. The number of phosphoric ester groups is 1. The van der Waals surface area contributed by atoms with Gasteiger partial charge in [-0.1, -0.05) is 271 Å². The highest BCUT2D eigenvalue weighted by molar-refractivity contribution is 7.47. The van der Waals surface area contributed by atoms with Crippen molar-refractivity contribution in [3.05, 3.63) is 0 Å². The van der Waals surface area contributed by atoms with E-state index < -0.39 is 33.2 Å². The third-order valence-electron chi connectivity index (χ3n) is 12.5. The first-order chi connectivity index (χ1) is 30.8. The first kappa shape index (κ1) is 62.5. The smallest absolute Gasteiger partial charge is 0.457 e. The number of rotatable bonds is 54. The summed E-state index contributed by atoms with van der Waals surface area (Å²) in [4.78, 5) is 22.7. The number of aliphatic hydroxyl groups is 2. The molecule has 0 aliphatic carbocycles. The molecule has 3 N–H and O–H groups in total. The van der Waals surface area contributed by atoms with Gasteiger partial charge in [0.15, 0.2) is 0 Å². The van der Waals surface area contributed by atoms with Crippen LogP contribution in [0.1, 0.15) is 290 Å². The fourth-order valence-corrected chi connectivity index (χ4v) is 9.15. The average Bonchev–Trinajstić information content (AvgIpc) is 3.28. The van der Waals surface area contributed by atoms with Gasteiger partial charge in [-0.3, -0.25) is 13.8 Å².